The van der Waals surface area contributed by atoms with Crippen molar-refractivity contribution in [2.24, 2.45) is 0 Å². The Hall–Kier alpha value is -3.51. The van der Waals surface area contributed by atoms with Crippen molar-refractivity contribution in [3.63, 3.8) is 0 Å². The van der Waals surface area contributed by atoms with Crippen LogP contribution in [0.4, 0.5) is 17.8 Å². The molecular formula is C25H29N9O2S. The van der Waals surface area contributed by atoms with Crippen molar-refractivity contribution in [3.05, 3.63) is 40.5 Å². The Labute approximate surface area is 217 Å². The largest absolute Gasteiger partial charge is 0.408 e. The standard InChI is InChI=1S/C25H29N9O2S/c35-21-19(23-28-17-5-1-2-6-18(17)37-23)20(27-16-4-3-9-26-14-16)29-24(30-21)33-10-12-34(13-11-33)25-32-31-22(36-25)15-7-8-15/h1-2,5-6,15-16,26H,3-4,7-14H2,(H2,27,29,30,35). The zero-order valence-corrected chi connectivity index (χ0v) is 21.3. The maximum Gasteiger partial charge on any atom is 0.318 e. The first-order valence-electron chi connectivity index (χ1n) is 13.0. The monoisotopic (exact) mass is 519 g/mol. The maximum atomic E-state index is 13.5. The molecule has 3 aromatic heterocycles. The molecule has 0 bridgehead atoms. The number of benzene rings is 1. The zero-order valence-electron chi connectivity index (χ0n) is 20.4. The summed E-state index contributed by atoms with van der Waals surface area (Å²) in [6, 6.07) is 8.75. The number of piperidine rings is 1. The Morgan fingerprint density at radius 3 is 2.65 bits per heavy atom. The third-order valence-electron chi connectivity index (χ3n) is 7.26. The second-order valence-electron chi connectivity index (χ2n) is 9.96. The number of rotatable bonds is 6. The number of hydrogen-bond acceptors (Lipinski definition) is 11. The van der Waals surface area contributed by atoms with Crippen molar-refractivity contribution in [1.29, 1.82) is 0 Å². The lowest BCUT2D eigenvalue weighted by molar-refractivity contribution is 0.474. The average molecular weight is 520 g/mol. The third kappa shape index (κ3) is 4.55. The summed E-state index contributed by atoms with van der Waals surface area (Å²) in [4.78, 5) is 30.5. The summed E-state index contributed by atoms with van der Waals surface area (Å²) in [5.74, 6) is 2.36. The van der Waals surface area contributed by atoms with E-state index in [1.54, 1.807) is 0 Å². The van der Waals surface area contributed by atoms with Crippen LogP contribution in [0.5, 0.6) is 0 Å². The molecular weight excluding hydrogens is 490 g/mol. The summed E-state index contributed by atoms with van der Waals surface area (Å²) in [6.45, 7) is 4.66. The molecule has 5 heterocycles. The Bertz CT molecular complexity index is 1430. The van der Waals surface area contributed by atoms with Crippen LogP contribution < -0.4 is 26.0 Å². The first-order valence-corrected chi connectivity index (χ1v) is 13.8. The van der Waals surface area contributed by atoms with E-state index in [1.165, 1.54) is 11.3 Å². The van der Waals surface area contributed by atoms with Crippen LogP contribution in [-0.4, -0.2) is 70.5 Å². The molecule has 0 amide bonds. The molecule has 192 valence electrons. The predicted octanol–water partition coefficient (Wildman–Crippen LogP) is 2.80. The summed E-state index contributed by atoms with van der Waals surface area (Å²) in [5.41, 5.74) is 1.22. The predicted molar refractivity (Wildman–Crippen MR) is 144 cm³/mol. The van der Waals surface area contributed by atoms with E-state index in [-0.39, 0.29) is 11.6 Å². The minimum absolute atomic E-state index is 0.177. The summed E-state index contributed by atoms with van der Waals surface area (Å²) < 4.78 is 6.94. The van der Waals surface area contributed by atoms with E-state index in [1.807, 2.05) is 24.3 Å². The second kappa shape index (κ2) is 9.42. The van der Waals surface area contributed by atoms with Crippen LogP contribution >= 0.6 is 11.3 Å². The average Bonchev–Trinajstić information content (AvgIpc) is 3.50. The molecule has 3 fully saturated rings. The van der Waals surface area contributed by atoms with Crippen LogP contribution in [0.3, 0.4) is 0 Å². The van der Waals surface area contributed by atoms with E-state index in [2.05, 4.69) is 35.6 Å². The molecule has 3 N–H and O–H groups in total. The number of nitrogens with zero attached hydrogens (tertiary/aromatic N) is 6. The van der Waals surface area contributed by atoms with Crippen LogP contribution in [0, 0.1) is 0 Å². The van der Waals surface area contributed by atoms with Crippen molar-refractivity contribution in [2.75, 3.05) is 54.4 Å². The summed E-state index contributed by atoms with van der Waals surface area (Å²) in [5, 5.41) is 16.2. The van der Waals surface area contributed by atoms with Crippen molar-refractivity contribution in [1.82, 2.24) is 30.5 Å². The molecule has 1 aliphatic carbocycles. The molecule has 2 aliphatic heterocycles. The van der Waals surface area contributed by atoms with E-state index in [0.717, 1.165) is 54.9 Å². The SMILES string of the molecule is O=c1[nH]c(N2CCN(c3nnc(C4CC4)o3)CC2)nc(NC2CCCNC2)c1-c1nc2ccccc2s1. The minimum atomic E-state index is -0.177. The molecule has 1 unspecified atom stereocenters. The quantitative estimate of drug-likeness (QED) is 0.350. The molecule has 2 saturated heterocycles. The van der Waals surface area contributed by atoms with E-state index < -0.39 is 0 Å². The van der Waals surface area contributed by atoms with E-state index in [9.17, 15) is 4.79 Å². The van der Waals surface area contributed by atoms with Gasteiger partial charge in [0.25, 0.3) is 5.56 Å². The fourth-order valence-electron chi connectivity index (χ4n) is 5.02. The number of aromatic nitrogens is 5. The molecule has 3 aliphatic rings. The number of H-pyrrole nitrogens is 1. The molecule has 4 aromatic rings. The highest BCUT2D eigenvalue weighted by molar-refractivity contribution is 7.21. The van der Waals surface area contributed by atoms with Gasteiger partial charge in [-0.1, -0.05) is 17.2 Å². The number of fused-ring (bicyclic) bond motifs is 1. The molecule has 1 aromatic carbocycles. The maximum absolute atomic E-state index is 13.5. The Balaban J connectivity index is 1.17. The van der Waals surface area contributed by atoms with Gasteiger partial charge in [0.2, 0.25) is 11.8 Å². The molecule has 7 rings (SSSR count). The van der Waals surface area contributed by atoms with Gasteiger partial charge in [-0.3, -0.25) is 9.78 Å². The first-order chi connectivity index (χ1) is 18.2. The molecule has 1 saturated carbocycles. The van der Waals surface area contributed by atoms with Crippen molar-refractivity contribution < 1.29 is 4.42 Å². The highest BCUT2D eigenvalue weighted by atomic mass is 32.1. The topological polar surface area (TPSA) is 128 Å². The lowest BCUT2D eigenvalue weighted by atomic mass is 10.1. The smallest absolute Gasteiger partial charge is 0.318 e. The zero-order chi connectivity index (χ0) is 24.8. The Morgan fingerprint density at radius 2 is 1.86 bits per heavy atom. The lowest BCUT2D eigenvalue weighted by Gasteiger charge is -2.34. The number of nitrogens with one attached hydrogen (secondary N) is 3. The molecule has 1 atom stereocenters. The highest BCUT2D eigenvalue weighted by Gasteiger charge is 2.31. The van der Waals surface area contributed by atoms with Crippen LogP contribution in [0.25, 0.3) is 20.8 Å². The van der Waals surface area contributed by atoms with Crippen molar-refractivity contribution in [2.45, 2.75) is 37.6 Å². The van der Waals surface area contributed by atoms with Gasteiger partial charge in [0.1, 0.15) is 16.4 Å². The number of piperazine rings is 1. The minimum Gasteiger partial charge on any atom is -0.408 e. The Morgan fingerprint density at radius 1 is 1.03 bits per heavy atom. The van der Waals surface area contributed by atoms with Crippen molar-refractivity contribution >= 4 is 39.3 Å². The van der Waals surface area contributed by atoms with Crippen molar-refractivity contribution in [3.8, 4) is 10.6 Å². The highest BCUT2D eigenvalue weighted by Crippen LogP contribution is 2.40. The normalized spacial score (nSPS) is 20.5. The van der Waals surface area contributed by atoms with Gasteiger partial charge < -0.3 is 24.9 Å². The van der Waals surface area contributed by atoms with Gasteiger partial charge in [-0.25, -0.2) is 4.98 Å². The fraction of sp³-hybridized carbons (Fsp3) is 0.480. The summed E-state index contributed by atoms with van der Waals surface area (Å²) in [7, 11) is 0. The number of aromatic amines is 1. The molecule has 37 heavy (non-hydrogen) atoms. The number of para-hydroxylation sites is 1. The third-order valence-corrected chi connectivity index (χ3v) is 8.31. The van der Waals surface area contributed by atoms with E-state index in [4.69, 9.17) is 14.4 Å². The van der Waals surface area contributed by atoms with Crippen LogP contribution in [0.2, 0.25) is 0 Å². The van der Waals surface area contributed by atoms with Gasteiger partial charge in [-0.15, -0.1) is 16.4 Å². The van der Waals surface area contributed by atoms with Crippen LogP contribution in [0.15, 0.2) is 33.5 Å². The molecule has 12 heteroatoms. The van der Waals surface area contributed by atoms with E-state index in [0.29, 0.717) is 60.4 Å². The Kier molecular flexibility index (Phi) is 5.77. The van der Waals surface area contributed by atoms with Gasteiger partial charge in [-0.05, 0) is 44.4 Å². The second-order valence-corrected chi connectivity index (χ2v) is 11.0. The number of anilines is 3. The lowest BCUT2D eigenvalue weighted by Crippen LogP contribution is -2.47. The fourth-order valence-corrected chi connectivity index (χ4v) is 6.03. The number of thiazole rings is 1. The number of hydrogen-bond donors (Lipinski definition) is 3. The molecule has 0 radical (unpaired) electrons. The van der Waals surface area contributed by atoms with Gasteiger partial charge in [0, 0.05) is 44.7 Å². The van der Waals surface area contributed by atoms with Gasteiger partial charge >= 0.3 is 6.01 Å². The van der Waals surface area contributed by atoms with Gasteiger partial charge in [0.05, 0.1) is 10.2 Å². The summed E-state index contributed by atoms with van der Waals surface area (Å²) in [6.07, 6.45) is 4.38. The van der Waals surface area contributed by atoms with E-state index >= 15 is 0 Å². The molecule has 0 spiro atoms. The molecule has 11 nitrogen and oxygen atoms in total. The van der Waals surface area contributed by atoms with Gasteiger partial charge in [0.15, 0.2) is 0 Å². The van der Waals surface area contributed by atoms with Crippen LogP contribution in [-0.2, 0) is 0 Å². The summed E-state index contributed by atoms with van der Waals surface area (Å²) >= 11 is 1.52. The van der Waals surface area contributed by atoms with Gasteiger partial charge in [-0.2, -0.15) is 4.98 Å². The first kappa shape index (κ1) is 22.7. The van der Waals surface area contributed by atoms with Crippen LogP contribution in [0.1, 0.15) is 37.5 Å².